The van der Waals surface area contributed by atoms with Gasteiger partial charge >= 0.3 is 5.97 Å². The fraction of sp³-hybridized carbons (Fsp3) is 0.471. The number of likely N-dealkylation sites (tertiary alicyclic amines) is 1. The summed E-state index contributed by atoms with van der Waals surface area (Å²) in [6.45, 7) is 0.878. The van der Waals surface area contributed by atoms with E-state index in [-0.39, 0.29) is 11.8 Å². The van der Waals surface area contributed by atoms with E-state index in [1.807, 2.05) is 18.2 Å². The average Bonchev–Trinajstić information content (AvgIpc) is 3.12. The smallest absolute Gasteiger partial charge is 0.308 e. The molecule has 0 radical (unpaired) electrons. The fourth-order valence-corrected chi connectivity index (χ4v) is 3.23. The van der Waals surface area contributed by atoms with Crippen molar-refractivity contribution in [1.29, 1.82) is 0 Å². The second-order valence-corrected chi connectivity index (χ2v) is 6.23. The molecule has 1 unspecified atom stereocenters. The van der Waals surface area contributed by atoms with Crippen molar-refractivity contribution in [3.63, 3.8) is 0 Å². The summed E-state index contributed by atoms with van der Waals surface area (Å²) in [7, 11) is 0. The van der Waals surface area contributed by atoms with E-state index in [0.717, 1.165) is 29.7 Å². The molecule has 1 aromatic rings. The first-order valence-electron chi connectivity index (χ1n) is 7.95. The predicted octanol–water partition coefficient (Wildman–Crippen LogP) is 1.44. The zero-order chi connectivity index (χ0) is 16.4. The number of rotatable bonds is 5. The number of aliphatic carboxylic acids is 1. The molecule has 0 bridgehead atoms. The van der Waals surface area contributed by atoms with Gasteiger partial charge in [0.15, 0.2) is 0 Å². The van der Waals surface area contributed by atoms with Gasteiger partial charge in [0.2, 0.25) is 11.8 Å². The zero-order valence-electron chi connectivity index (χ0n) is 12.9. The lowest BCUT2D eigenvalue weighted by Crippen LogP contribution is -2.29. The molecule has 1 fully saturated rings. The van der Waals surface area contributed by atoms with Gasteiger partial charge in [-0.1, -0.05) is 12.1 Å². The number of carboxylic acid groups (broad SMARTS) is 1. The minimum Gasteiger partial charge on any atom is -0.481 e. The molecular formula is C17H20N2O4. The van der Waals surface area contributed by atoms with Gasteiger partial charge in [0.05, 0.1) is 12.3 Å². The first kappa shape index (κ1) is 15.5. The highest BCUT2D eigenvalue weighted by Crippen LogP contribution is 2.24. The summed E-state index contributed by atoms with van der Waals surface area (Å²) in [5, 5.41) is 11.8. The van der Waals surface area contributed by atoms with Crippen LogP contribution in [0.25, 0.3) is 0 Å². The van der Waals surface area contributed by atoms with E-state index in [4.69, 9.17) is 5.11 Å². The highest BCUT2D eigenvalue weighted by atomic mass is 16.4. The lowest BCUT2D eigenvalue weighted by Gasteiger charge is -2.15. The van der Waals surface area contributed by atoms with Crippen LogP contribution < -0.4 is 5.32 Å². The summed E-state index contributed by atoms with van der Waals surface area (Å²) in [4.78, 5) is 36.0. The molecule has 0 spiro atoms. The van der Waals surface area contributed by atoms with Crippen molar-refractivity contribution in [3.8, 4) is 0 Å². The molecule has 2 amide bonds. The van der Waals surface area contributed by atoms with E-state index in [1.54, 1.807) is 4.90 Å². The quantitative estimate of drug-likeness (QED) is 0.860. The van der Waals surface area contributed by atoms with Crippen LogP contribution in [0.15, 0.2) is 18.2 Å². The number of hydrogen-bond donors (Lipinski definition) is 2. The standard InChI is InChI=1S/C17H20N2O4/c20-15-9-13-8-11(4-5-14(13)18-15)2-1-3-16(21)19-7-6-12(10-19)17(22)23/h4-5,8,12H,1-3,6-7,9-10H2,(H,18,20)(H,22,23). The van der Waals surface area contributed by atoms with E-state index < -0.39 is 11.9 Å². The number of amides is 2. The first-order valence-corrected chi connectivity index (χ1v) is 7.95. The van der Waals surface area contributed by atoms with Crippen LogP contribution in [0.1, 0.15) is 30.4 Å². The van der Waals surface area contributed by atoms with Crippen LogP contribution in [-0.4, -0.2) is 40.9 Å². The number of carbonyl (C=O) groups is 3. The van der Waals surface area contributed by atoms with Crippen molar-refractivity contribution in [1.82, 2.24) is 4.90 Å². The van der Waals surface area contributed by atoms with Crippen LogP contribution in [0.3, 0.4) is 0 Å². The number of carboxylic acids is 1. The lowest BCUT2D eigenvalue weighted by molar-refractivity contribution is -0.141. The Morgan fingerprint density at radius 1 is 1.35 bits per heavy atom. The van der Waals surface area contributed by atoms with Gasteiger partial charge in [-0.15, -0.1) is 0 Å². The van der Waals surface area contributed by atoms with Crippen LogP contribution in [-0.2, 0) is 27.2 Å². The summed E-state index contributed by atoms with van der Waals surface area (Å²) >= 11 is 0. The van der Waals surface area contributed by atoms with Gasteiger partial charge in [0.25, 0.3) is 0 Å². The number of benzene rings is 1. The lowest BCUT2D eigenvalue weighted by atomic mass is 10.0. The molecule has 2 aliphatic heterocycles. The minimum absolute atomic E-state index is 0.0225. The van der Waals surface area contributed by atoms with E-state index in [2.05, 4.69) is 5.32 Å². The monoisotopic (exact) mass is 316 g/mol. The van der Waals surface area contributed by atoms with Crippen molar-refractivity contribution in [3.05, 3.63) is 29.3 Å². The molecule has 0 aliphatic carbocycles. The Bertz CT molecular complexity index is 656. The Morgan fingerprint density at radius 2 is 2.17 bits per heavy atom. The van der Waals surface area contributed by atoms with Crippen LogP contribution in [0.4, 0.5) is 5.69 Å². The number of fused-ring (bicyclic) bond motifs is 1. The molecule has 122 valence electrons. The third kappa shape index (κ3) is 3.52. The molecule has 2 aliphatic rings. The van der Waals surface area contributed by atoms with Crippen molar-refractivity contribution in [2.75, 3.05) is 18.4 Å². The van der Waals surface area contributed by atoms with Gasteiger partial charge in [0, 0.05) is 25.2 Å². The Morgan fingerprint density at radius 3 is 2.91 bits per heavy atom. The highest BCUT2D eigenvalue weighted by molar-refractivity contribution is 5.99. The Balaban J connectivity index is 1.47. The van der Waals surface area contributed by atoms with E-state index in [0.29, 0.717) is 32.4 Å². The van der Waals surface area contributed by atoms with Gasteiger partial charge < -0.3 is 15.3 Å². The van der Waals surface area contributed by atoms with Gasteiger partial charge in [-0.05, 0) is 36.5 Å². The number of aryl methyl sites for hydroxylation is 1. The van der Waals surface area contributed by atoms with Crippen LogP contribution in [0.2, 0.25) is 0 Å². The Hall–Kier alpha value is -2.37. The summed E-state index contributed by atoms with van der Waals surface area (Å²) in [6, 6.07) is 5.91. The molecule has 6 nitrogen and oxygen atoms in total. The molecule has 1 aromatic carbocycles. The zero-order valence-corrected chi connectivity index (χ0v) is 12.9. The summed E-state index contributed by atoms with van der Waals surface area (Å²) in [5.41, 5.74) is 3.02. The van der Waals surface area contributed by atoms with Crippen molar-refractivity contribution >= 4 is 23.5 Å². The first-order chi connectivity index (χ1) is 11.0. The van der Waals surface area contributed by atoms with E-state index >= 15 is 0 Å². The number of anilines is 1. The number of hydrogen-bond acceptors (Lipinski definition) is 3. The molecular weight excluding hydrogens is 296 g/mol. The third-order valence-corrected chi connectivity index (χ3v) is 4.54. The van der Waals surface area contributed by atoms with Gasteiger partial charge in [-0.25, -0.2) is 0 Å². The topological polar surface area (TPSA) is 86.7 Å². The molecule has 2 heterocycles. The second-order valence-electron chi connectivity index (χ2n) is 6.23. The van der Waals surface area contributed by atoms with Crippen molar-refractivity contribution < 1.29 is 19.5 Å². The van der Waals surface area contributed by atoms with Gasteiger partial charge in [0.1, 0.15) is 0 Å². The van der Waals surface area contributed by atoms with Gasteiger partial charge in [-0.3, -0.25) is 14.4 Å². The third-order valence-electron chi connectivity index (χ3n) is 4.54. The maximum atomic E-state index is 12.1. The normalized spacial score (nSPS) is 19.6. The Labute approximate surface area is 134 Å². The molecule has 6 heteroatoms. The molecule has 2 N–H and O–H groups in total. The molecule has 3 rings (SSSR count). The average molecular weight is 316 g/mol. The molecule has 0 aromatic heterocycles. The predicted molar refractivity (Wildman–Crippen MR) is 84.0 cm³/mol. The molecule has 1 saturated heterocycles. The highest BCUT2D eigenvalue weighted by Gasteiger charge is 2.30. The maximum Gasteiger partial charge on any atom is 0.308 e. The molecule has 0 saturated carbocycles. The Kier molecular flexibility index (Phi) is 4.32. The number of nitrogens with one attached hydrogen (secondary N) is 1. The number of carbonyl (C=O) groups excluding carboxylic acids is 2. The summed E-state index contributed by atoms with van der Waals surface area (Å²) in [5.74, 6) is -1.18. The van der Waals surface area contributed by atoms with Crippen molar-refractivity contribution in [2.24, 2.45) is 5.92 Å². The summed E-state index contributed by atoms with van der Waals surface area (Å²) < 4.78 is 0. The van der Waals surface area contributed by atoms with Crippen LogP contribution in [0, 0.1) is 5.92 Å². The van der Waals surface area contributed by atoms with Crippen LogP contribution >= 0.6 is 0 Å². The second kappa shape index (κ2) is 6.40. The number of nitrogens with zero attached hydrogens (tertiary/aromatic N) is 1. The van der Waals surface area contributed by atoms with E-state index in [1.165, 1.54) is 0 Å². The largest absolute Gasteiger partial charge is 0.481 e. The van der Waals surface area contributed by atoms with Gasteiger partial charge in [-0.2, -0.15) is 0 Å². The van der Waals surface area contributed by atoms with E-state index in [9.17, 15) is 14.4 Å². The SMILES string of the molecule is O=C1Cc2cc(CCCC(=O)N3CCC(C(=O)O)C3)ccc2N1. The molecule has 1 atom stereocenters. The molecule has 23 heavy (non-hydrogen) atoms. The van der Waals surface area contributed by atoms with Crippen molar-refractivity contribution in [2.45, 2.75) is 32.1 Å². The maximum absolute atomic E-state index is 12.1. The van der Waals surface area contributed by atoms with Crippen LogP contribution in [0.5, 0.6) is 0 Å². The minimum atomic E-state index is -0.818. The summed E-state index contributed by atoms with van der Waals surface area (Å²) in [6.07, 6.45) is 2.91. The fourth-order valence-electron chi connectivity index (χ4n) is 3.23.